The van der Waals surface area contributed by atoms with Crippen LogP contribution < -0.4 is 16.5 Å². The molecule has 0 spiro atoms. The minimum Gasteiger partial charge on any atom is -0.401 e. The highest BCUT2D eigenvalue weighted by molar-refractivity contribution is 9.10. The van der Waals surface area contributed by atoms with Crippen LogP contribution in [0.5, 0.6) is 0 Å². The first kappa shape index (κ1) is 17.8. The number of halogens is 2. The number of hydrogen-bond acceptors (Lipinski definition) is 4. The summed E-state index contributed by atoms with van der Waals surface area (Å²) in [6.07, 6.45) is 0. The molecule has 3 rings (SSSR count). The maximum atomic E-state index is 13.2. The molecule has 1 heterocycles. The molecular formula is C18H18BrClN4O. The number of allylic oxidation sites excluding steroid dienone is 1. The molecule has 1 unspecified atom stereocenters. The van der Waals surface area contributed by atoms with Crippen molar-refractivity contribution >= 4 is 50.5 Å². The number of rotatable bonds is 1. The number of nitrogens with zero attached hydrogens (tertiary/aromatic N) is 2. The highest BCUT2D eigenvalue weighted by atomic mass is 79.9. The highest BCUT2D eigenvalue weighted by Crippen LogP contribution is 2.40. The first-order valence-electron chi connectivity index (χ1n) is 7.71. The van der Waals surface area contributed by atoms with Crippen LogP contribution >= 0.6 is 27.5 Å². The second-order valence-corrected chi connectivity index (χ2v) is 7.28. The molecule has 2 aromatic carbocycles. The average molecular weight is 422 g/mol. The molecule has 2 aromatic rings. The third kappa shape index (κ3) is 3.13. The summed E-state index contributed by atoms with van der Waals surface area (Å²) in [5, 5.41) is 2.03. The van der Waals surface area contributed by atoms with Gasteiger partial charge in [-0.1, -0.05) is 27.5 Å². The molecule has 0 radical (unpaired) electrons. The monoisotopic (exact) mass is 420 g/mol. The molecule has 0 saturated carbocycles. The zero-order valence-corrected chi connectivity index (χ0v) is 16.2. The van der Waals surface area contributed by atoms with Gasteiger partial charge in [0.15, 0.2) is 0 Å². The molecular weight excluding hydrogens is 404 g/mol. The lowest BCUT2D eigenvalue weighted by Gasteiger charge is -2.27. The Labute approximate surface area is 159 Å². The van der Waals surface area contributed by atoms with E-state index in [4.69, 9.17) is 23.2 Å². The maximum Gasteiger partial charge on any atom is 0.255 e. The van der Waals surface area contributed by atoms with Crippen LogP contribution in [0.4, 0.5) is 11.4 Å². The van der Waals surface area contributed by atoms with Gasteiger partial charge in [-0.15, -0.1) is 0 Å². The summed E-state index contributed by atoms with van der Waals surface area (Å²) in [6.45, 7) is 3.53. The molecule has 0 fully saturated rings. The third-order valence-corrected chi connectivity index (χ3v) is 4.91. The van der Waals surface area contributed by atoms with E-state index in [0.717, 1.165) is 10.0 Å². The SMILES string of the molecule is C/C(N)=C1\c2ccc(Br)cc2N(c2ccc(Cl)cc2)C(=O)C(C)N1N. The Bertz CT molecular complexity index is 862. The quantitative estimate of drug-likeness (QED) is 0.683. The van der Waals surface area contributed by atoms with Gasteiger partial charge in [-0.05, 0) is 56.3 Å². The van der Waals surface area contributed by atoms with Crippen LogP contribution in [0.2, 0.25) is 5.02 Å². The summed E-state index contributed by atoms with van der Waals surface area (Å²) in [5.41, 5.74) is 9.49. The van der Waals surface area contributed by atoms with E-state index in [1.165, 1.54) is 5.01 Å². The van der Waals surface area contributed by atoms with Crippen LogP contribution in [0, 0.1) is 0 Å². The number of benzene rings is 2. The highest BCUT2D eigenvalue weighted by Gasteiger charge is 2.35. The molecule has 1 aliphatic rings. The lowest BCUT2D eigenvalue weighted by molar-refractivity contribution is -0.121. The van der Waals surface area contributed by atoms with Crippen molar-refractivity contribution < 1.29 is 4.79 Å². The molecule has 25 heavy (non-hydrogen) atoms. The molecule has 0 saturated heterocycles. The molecule has 1 amide bonds. The maximum absolute atomic E-state index is 13.2. The van der Waals surface area contributed by atoms with Crippen molar-refractivity contribution in [2.75, 3.05) is 4.90 Å². The van der Waals surface area contributed by atoms with Gasteiger partial charge in [0.2, 0.25) is 0 Å². The Morgan fingerprint density at radius 3 is 2.44 bits per heavy atom. The smallest absolute Gasteiger partial charge is 0.255 e. The molecule has 1 aliphatic heterocycles. The van der Waals surface area contributed by atoms with Crippen LogP contribution in [0.15, 0.2) is 52.6 Å². The van der Waals surface area contributed by atoms with Crippen molar-refractivity contribution in [1.29, 1.82) is 0 Å². The Morgan fingerprint density at radius 1 is 1.20 bits per heavy atom. The Morgan fingerprint density at radius 2 is 1.84 bits per heavy atom. The molecule has 0 aromatic heterocycles. The van der Waals surface area contributed by atoms with E-state index in [9.17, 15) is 4.79 Å². The zero-order chi connectivity index (χ0) is 18.3. The molecule has 5 nitrogen and oxygen atoms in total. The summed E-state index contributed by atoms with van der Waals surface area (Å²) in [5.74, 6) is 6.09. The molecule has 4 N–H and O–H groups in total. The van der Waals surface area contributed by atoms with Crippen molar-refractivity contribution in [2.24, 2.45) is 11.6 Å². The van der Waals surface area contributed by atoms with Crippen molar-refractivity contribution in [1.82, 2.24) is 5.01 Å². The average Bonchev–Trinajstić information content (AvgIpc) is 2.64. The molecule has 7 heteroatoms. The number of anilines is 2. The zero-order valence-electron chi connectivity index (χ0n) is 13.8. The number of fused-ring (bicyclic) bond motifs is 1. The summed E-state index contributed by atoms with van der Waals surface area (Å²) in [6, 6.07) is 12.2. The second-order valence-electron chi connectivity index (χ2n) is 5.93. The second kappa shape index (κ2) is 6.71. The van der Waals surface area contributed by atoms with E-state index < -0.39 is 6.04 Å². The van der Waals surface area contributed by atoms with Crippen LogP contribution in [0.25, 0.3) is 5.70 Å². The van der Waals surface area contributed by atoms with Gasteiger partial charge >= 0.3 is 0 Å². The van der Waals surface area contributed by atoms with E-state index in [0.29, 0.717) is 27.8 Å². The van der Waals surface area contributed by atoms with Gasteiger partial charge in [-0.2, -0.15) is 0 Å². The Hall–Kier alpha value is -2.02. The van der Waals surface area contributed by atoms with Crippen LogP contribution in [-0.2, 0) is 4.79 Å². The van der Waals surface area contributed by atoms with Crippen molar-refractivity contribution in [3.8, 4) is 0 Å². The van der Waals surface area contributed by atoms with E-state index in [-0.39, 0.29) is 5.91 Å². The van der Waals surface area contributed by atoms with Gasteiger partial charge in [-0.25, -0.2) is 5.84 Å². The minimum absolute atomic E-state index is 0.152. The topological polar surface area (TPSA) is 75.6 Å². The summed E-state index contributed by atoms with van der Waals surface area (Å²) in [7, 11) is 0. The Kier molecular flexibility index (Phi) is 4.77. The van der Waals surface area contributed by atoms with E-state index >= 15 is 0 Å². The largest absolute Gasteiger partial charge is 0.401 e. The molecule has 0 aliphatic carbocycles. The van der Waals surface area contributed by atoms with Gasteiger partial charge in [0.25, 0.3) is 5.91 Å². The fraction of sp³-hybridized carbons (Fsp3) is 0.167. The van der Waals surface area contributed by atoms with Gasteiger partial charge in [0, 0.05) is 26.4 Å². The van der Waals surface area contributed by atoms with Crippen LogP contribution in [0.1, 0.15) is 19.4 Å². The number of carbonyl (C=O) groups is 1. The Balaban J connectivity index is 2.32. The van der Waals surface area contributed by atoms with E-state index in [2.05, 4.69) is 15.9 Å². The summed E-state index contributed by atoms with van der Waals surface area (Å²) >= 11 is 9.48. The number of carbonyl (C=O) groups excluding carboxylic acids is 1. The normalized spacial score (nSPS) is 19.6. The molecule has 0 bridgehead atoms. The van der Waals surface area contributed by atoms with Crippen LogP contribution in [0.3, 0.4) is 0 Å². The van der Waals surface area contributed by atoms with Crippen molar-refractivity contribution in [2.45, 2.75) is 19.9 Å². The molecule has 1 atom stereocenters. The number of nitrogens with two attached hydrogens (primary N) is 2. The first-order chi connectivity index (χ1) is 11.8. The van der Waals surface area contributed by atoms with Gasteiger partial charge < -0.3 is 5.73 Å². The molecule has 130 valence electrons. The lowest BCUT2D eigenvalue weighted by Crippen LogP contribution is -2.46. The fourth-order valence-electron chi connectivity index (χ4n) is 2.92. The first-order valence-corrected chi connectivity index (χ1v) is 8.88. The van der Waals surface area contributed by atoms with E-state index in [1.54, 1.807) is 30.9 Å². The van der Waals surface area contributed by atoms with Gasteiger partial charge in [-0.3, -0.25) is 14.7 Å². The summed E-state index contributed by atoms with van der Waals surface area (Å²) < 4.78 is 0.852. The predicted octanol–water partition coefficient (Wildman–Crippen LogP) is 3.99. The lowest BCUT2D eigenvalue weighted by atomic mass is 10.1. The number of hydrogen-bond donors (Lipinski definition) is 2. The number of hydrazine groups is 1. The van der Waals surface area contributed by atoms with Gasteiger partial charge in [0.05, 0.1) is 11.4 Å². The fourth-order valence-corrected chi connectivity index (χ4v) is 3.39. The van der Waals surface area contributed by atoms with Crippen LogP contribution in [-0.4, -0.2) is 17.0 Å². The third-order valence-electron chi connectivity index (χ3n) is 4.17. The van der Waals surface area contributed by atoms with Crippen molar-refractivity contribution in [3.05, 3.63) is 63.2 Å². The minimum atomic E-state index is -0.588. The number of amides is 1. The predicted molar refractivity (Wildman–Crippen MR) is 105 cm³/mol. The van der Waals surface area contributed by atoms with E-state index in [1.807, 2.05) is 30.3 Å². The summed E-state index contributed by atoms with van der Waals surface area (Å²) in [4.78, 5) is 14.8. The van der Waals surface area contributed by atoms with Gasteiger partial charge in [0.1, 0.15) is 6.04 Å². The standard InChI is InChI=1S/C18H18BrClN4O/c1-10(21)17-15-8-3-12(19)9-16(15)23(18(25)11(2)24(17)22)14-6-4-13(20)5-7-14/h3-9,11H,21-22H2,1-2H3/b17-10-. The van der Waals surface area contributed by atoms with Crippen molar-refractivity contribution in [3.63, 3.8) is 0 Å².